The molecule has 1 aliphatic rings. The lowest BCUT2D eigenvalue weighted by molar-refractivity contribution is 0.413. The molecule has 0 radical (unpaired) electrons. The third-order valence-electron chi connectivity index (χ3n) is 5.63. The molecule has 158 valence electrons. The summed E-state index contributed by atoms with van der Waals surface area (Å²) in [7, 11) is 1.67. The number of piperazine rings is 1. The molecule has 5 rings (SSSR count). The smallest absolute Gasteiger partial charge is 0.165 e. The van der Waals surface area contributed by atoms with Gasteiger partial charge in [-0.25, -0.2) is 14.1 Å². The van der Waals surface area contributed by atoms with Crippen LogP contribution in [-0.2, 0) is 0 Å². The van der Waals surface area contributed by atoms with Crippen LogP contribution in [0.3, 0.4) is 0 Å². The molecule has 1 fully saturated rings. The maximum atomic E-state index is 14.3. The monoisotopic (exact) mass is 437 g/mol. The molecule has 2 aromatic heterocycles. The van der Waals surface area contributed by atoms with Crippen molar-refractivity contribution in [3.8, 4) is 11.4 Å². The fourth-order valence-electron chi connectivity index (χ4n) is 4.09. The Morgan fingerprint density at radius 3 is 2.42 bits per heavy atom. The Morgan fingerprint density at radius 1 is 0.935 bits per heavy atom. The number of nitrogens with zero attached hydrogens (tertiary/aromatic N) is 5. The molecule has 0 aliphatic carbocycles. The Bertz CT molecular complexity index is 1240. The molecule has 1 aliphatic heterocycles. The first-order chi connectivity index (χ1) is 15.2. The molecule has 0 saturated carbocycles. The van der Waals surface area contributed by atoms with Gasteiger partial charge in [0.05, 0.1) is 30.1 Å². The van der Waals surface area contributed by atoms with Gasteiger partial charge in [-0.1, -0.05) is 23.7 Å². The molecule has 8 heteroatoms. The van der Waals surface area contributed by atoms with Gasteiger partial charge in [-0.3, -0.25) is 0 Å². The van der Waals surface area contributed by atoms with E-state index in [0.717, 1.165) is 48.7 Å². The molecular formula is C23H21ClFN5O. The Hall–Kier alpha value is -3.32. The lowest BCUT2D eigenvalue weighted by Gasteiger charge is -2.38. The van der Waals surface area contributed by atoms with Gasteiger partial charge in [0.15, 0.2) is 5.65 Å². The molecule has 31 heavy (non-hydrogen) atoms. The van der Waals surface area contributed by atoms with Crippen LogP contribution in [0, 0.1) is 5.82 Å². The number of anilines is 2. The van der Waals surface area contributed by atoms with E-state index in [4.69, 9.17) is 16.3 Å². The first-order valence-electron chi connectivity index (χ1n) is 10.1. The molecule has 0 N–H and O–H groups in total. The summed E-state index contributed by atoms with van der Waals surface area (Å²) in [5.74, 6) is 0.485. The Labute approximate surface area is 184 Å². The standard InChI is InChI=1S/C23H21ClFN5O/c1-31-22-7-6-16(24)14-21(22)29-12-10-28(11-13-29)19-8-9-26-23-17(19)15-27-30(23)20-5-3-2-4-18(20)25/h2-9,14-15H,10-13H2,1H3. The highest BCUT2D eigenvalue weighted by Gasteiger charge is 2.23. The Balaban J connectivity index is 1.42. The molecule has 4 aromatic rings. The normalized spacial score (nSPS) is 14.3. The Kier molecular flexibility index (Phi) is 5.11. The number of pyridine rings is 1. The van der Waals surface area contributed by atoms with Crippen LogP contribution in [0.25, 0.3) is 16.7 Å². The molecule has 3 heterocycles. The summed E-state index contributed by atoms with van der Waals surface area (Å²) in [6.45, 7) is 3.28. The van der Waals surface area contributed by atoms with E-state index in [1.165, 1.54) is 6.07 Å². The van der Waals surface area contributed by atoms with Crippen molar-refractivity contribution in [3.05, 3.63) is 71.8 Å². The minimum atomic E-state index is -0.330. The van der Waals surface area contributed by atoms with Crippen LogP contribution in [0.4, 0.5) is 15.8 Å². The molecule has 0 unspecified atom stereocenters. The second-order valence-corrected chi connectivity index (χ2v) is 7.80. The van der Waals surface area contributed by atoms with Crippen molar-refractivity contribution < 1.29 is 9.13 Å². The van der Waals surface area contributed by atoms with Crippen molar-refractivity contribution in [1.29, 1.82) is 0 Å². The summed E-state index contributed by atoms with van der Waals surface area (Å²) in [5, 5.41) is 6.01. The van der Waals surface area contributed by atoms with Crippen molar-refractivity contribution in [1.82, 2.24) is 14.8 Å². The number of rotatable bonds is 4. The fourth-order valence-corrected chi connectivity index (χ4v) is 4.26. The second kappa shape index (κ2) is 8.07. The third-order valence-corrected chi connectivity index (χ3v) is 5.87. The van der Waals surface area contributed by atoms with Gasteiger partial charge in [0, 0.05) is 37.4 Å². The lowest BCUT2D eigenvalue weighted by Crippen LogP contribution is -2.46. The van der Waals surface area contributed by atoms with E-state index in [1.54, 1.807) is 42.4 Å². The first kappa shape index (κ1) is 19.6. The number of hydrogen-bond donors (Lipinski definition) is 0. The van der Waals surface area contributed by atoms with E-state index < -0.39 is 0 Å². The van der Waals surface area contributed by atoms with Gasteiger partial charge in [-0.15, -0.1) is 0 Å². The quantitative estimate of drug-likeness (QED) is 0.469. The molecular weight excluding hydrogens is 417 g/mol. The second-order valence-electron chi connectivity index (χ2n) is 7.37. The zero-order valence-electron chi connectivity index (χ0n) is 17.0. The predicted octanol–water partition coefficient (Wildman–Crippen LogP) is 4.55. The minimum absolute atomic E-state index is 0.330. The Morgan fingerprint density at radius 2 is 1.68 bits per heavy atom. The average molecular weight is 438 g/mol. The van der Waals surface area contributed by atoms with Crippen LogP contribution < -0.4 is 14.5 Å². The summed E-state index contributed by atoms with van der Waals surface area (Å²) in [5.41, 5.74) is 3.08. The topological polar surface area (TPSA) is 46.4 Å². The van der Waals surface area contributed by atoms with E-state index in [1.807, 2.05) is 24.3 Å². The number of fused-ring (bicyclic) bond motifs is 1. The average Bonchev–Trinajstić information content (AvgIpc) is 3.23. The highest BCUT2D eigenvalue weighted by Crippen LogP contribution is 2.33. The van der Waals surface area contributed by atoms with Crippen molar-refractivity contribution >= 4 is 34.0 Å². The first-order valence-corrected chi connectivity index (χ1v) is 10.4. The zero-order chi connectivity index (χ0) is 21.4. The summed E-state index contributed by atoms with van der Waals surface area (Å²) in [6, 6.07) is 14.2. The summed E-state index contributed by atoms with van der Waals surface area (Å²) >= 11 is 6.21. The lowest BCUT2D eigenvalue weighted by atomic mass is 10.2. The number of ether oxygens (including phenoxy) is 1. The minimum Gasteiger partial charge on any atom is -0.495 e. The number of para-hydroxylation sites is 1. The van der Waals surface area contributed by atoms with E-state index in [9.17, 15) is 4.39 Å². The predicted molar refractivity (Wildman–Crippen MR) is 121 cm³/mol. The maximum absolute atomic E-state index is 14.3. The van der Waals surface area contributed by atoms with Gasteiger partial charge >= 0.3 is 0 Å². The van der Waals surface area contributed by atoms with Crippen LogP contribution in [-0.4, -0.2) is 48.1 Å². The van der Waals surface area contributed by atoms with Crippen LogP contribution in [0.15, 0.2) is 60.9 Å². The van der Waals surface area contributed by atoms with Crippen LogP contribution in [0.1, 0.15) is 0 Å². The fraction of sp³-hybridized carbons (Fsp3) is 0.217. The zero-order valence-corrected chi connectivity index (χ0v) is 17.8. The highest BCUT2D eigenvalue weighted by molar-refractivity contribution is 6.30. The van der Waals surface area contributed by atoms with Gasteiger partial charge in [0.1, 0.15) is 17.3 Å². The van der Waals surface area contributed by atoms with Crippen molar-refractivity contribution in [2.45, 2.75) is 0 Å². The summed E-state index contributed by atoms with van der Waals surface area (Å²) in [6.07, 6.45) is 3.51. The van der Waals surface area contributed by atoms with Gasteiger partial charge in [0.2, 0.25) is 0 Å². The van der Waals surface area contributed by atoms with Gasteiger partial charge in [-0.05, 0) is 36.4 Å². The van der Waals surface area contributed by atoms with Crippen LogP contribution in [0.5, 0.6) is 5.75 Å². The van der Waals surface area contributed by atoms with Crippen LogP contribution in [0.2, 0.25) is 5.02 Å². The number of hydrogen-bond acceptors (Lipinski definition) is 5. The maximum Gasteiger partial charge on any atom is 0.165 e. The molecule has 6 nitrogen and oxygen atoms in total. The molecule has 1 saturated heterocycles. The van der Waals surface area contributed by atoms with Gasteiger partial charge in [0.25, 0.3) is 0 Å². The SMILES string of the molecule is COc1ccc(Cl)cc1N1CCN(c2ccnc3c2cnn3-c2ccccc2F)CC1. The molecule has 0 spiro atoms. The van der Waals surface area contributed by atoms with Gasteiger partial charge < -0.3 is 14.5 Å². The van der Waals surface area contributed by atoms with E-state index in [-0.39, 0.29) is 5.82 Å². The number of halogens is 2. The van der Waals surface area contributed by atoms with Crippen LogP contribution >= 0.6 is 11.6 Å². The van der Waals surface area contributed by atoms with Crippen molar-refractivity contribution in [2.24, 2.45) is 0 Å². The highest BCUT2D eigenvalue weighted by atomic mass is 35.5. The third kappa shape index (κ3) is 3.55. The molecule has 0 amide bonds. The number of aromatic nitrogens is 3. The molecule has 0 bridgehead atoms. The van der Waals surface area contributed by atoms with Gasteiger partial charge in [-0.2, -0.15) is 5.10 Å². The number of methoxy groups -OCH3 is 1. The largest absolute Gasteiger partial charge is 0.495 e. The molecule has 2 aromatic carbocycles. The van der Waals surface area contributed by atoms with E-state index in [2.05, 4.69) is 19.9 Å². The molecule has 0 atom stereocenters. The summed E-state index contributed by atoms with van der Waals surface area (Å²) in [4.78, 5) is 9.07. The van der Waals surface area contributed by atoms with E-state index in [0.29, 0.717) is 16.4 Å². The summed E-state index contributed by atoms with van der Waals surface area (Å²) < 4.78 is 21.4. The number of benzene rings is 2. The van der Waals surface area contributed by atoms with E-state index >= 15 is 0 Å². The van der Waals surface area contributed by atoms with Crippen molar-refractivity contribution in [3.63, 3.8) is 0 Å². The van der Waals surface area contributed by atoms with Crippen molar-refractivity contribution in [2.75, 3.05) is 43.1 Å².